The Morgan fingerprint density at radius 2 is 2.24 bits per heavy atom. The van der Waals surface area contributed by atoms with Gasteiger partial charge < -0.3 is 15.5 Å². The predicted molar refractivity (Wildman–Crippen MR) is 79.0 cm³/mol. The van der Waals surface area contributed by atoms with Crippen molar-refractivity contribution in [3.8, 4) is 5.75 Å². The third-order valence-electron chi connectivity index (χ3n) is 5.00. The van der Waals surface area contributed by atoms with E-state index < -0.39 is 11.6 Å². The normalized spacial score (nSPS) is 32.1. The lowest BCUT2D eigenvalue weighted by atomic mass is 9.96. The van der Waals surface area contributed by atoms with E-state index in [0.29, 0.717) is 18.7 Å². The van der Waals surface area contributed by atoms with E-state index in [0.717, 1.165) is 24.0 Å². The van der Waals surface area contributed by atoms with E-state index in [1.807, 2.05) is 31.0 Å². The number of amides is 1. The number of phenols is 1. The molecule has 3 atom stereocenters. The molecule has 5 heteroatoms. The fourth-order valence-electron chi connectivity index (χ4n) is 3.56. The van der Waals surface area contributed by atoms with Gasteiger partial charge in [0, 0.05) is 13.0 Å². The third-order valence-corrected chi connectivity index (χ3v) is 5.00. The summed E-state index contributed by atoms with van der Waals surface area (Å²) < 4.78 is 0. The number of hydrogen-bond acceptors (Lipinski definition) is 4. The maximum atomic E-state index is 12.6. The summed E-state index contributed by atoms with van der Waals surface area (Å²) in [7, 11) is 1.87. The number of carbonyl (C=O) groups excluding carboxylic acids is 1. The van der Waals surface area contributed by atoms with Crippen molar-refractivity contribution in [1.29, 1.82) is 0 Å². The number of aliphatic hydroxyl groups excluding tert-OH is 1. The van der Waals surface area contributed by atoms with Gasteiger partial charge in [-0.15, -0.1) is 0 Å². The Morgan fingerprint density at radius 3 is 2.90 bits per heavy atom. The van der Waals surface area contributed by atoms with Crippen molar-refractivity contribution in [2.24, 2.45) is 0 Å². The molecule has 0 aromatic heterocycles. The van der Waals surface area contributed by atoms with E-state index in [1.165, 1.54) is 0 Å². The summed E-state index contributed by atoms with van der Waals surface area (Å²) in [6, 6.07) is 5.40. The molecule has 1 amide bonds. The van der Waals surface area contributed by atoms with Crippen molar-refractivity contribution < 1.29 is 15.0 Å². The maximum Gasteiger partial charge on any atom is 0.240 e. The molecule has 3 unspecified atom stereocenters. The number of carbonyl (C=O) groups is 1. The standard InChI is InChI=1S/C16H22N2O3/c1-16(8-10(19)9-18(16)2)15(21)17-13-7-6-12-11(13)4-3-5-14(12)20/h3-5,10,13,19-20H,6-9H2,1-2H3,(H,17,21). The number of likely N-dealkylation sites (tertiary alicyclic amines) is 1. The predicted octanol–water partition coefficient (Wildman–Crippen LogP) is 0.951. The number of nitrogens with zero attached hydrogens (tertiary/aromatic N) is 1. The fraction of sp³-hybridized carbons (Fsp3) is 0.562. The molecule has 114 valence electrons. The van der Waals surface area contributed by atoms with Gasteiger partial charge in [-0.05, 0) is 44.0 Å². The Balaban J connectivity index is 1.77. The maximum absolute atomic E-state index is 12.6. The molecule has 1 saturated heterocycles. The zero-order chi connectivity index (χ0) is 15.2. The summed E-state index contributed by atoms with van der Waals surface area (Å²) in [5.41, 5.74) is 1.28. The van der Waals surface area contributed by atoms with Crippen LogP contribution in [-0.2, 0) is 11.2 Å². The summed E-state index contributed by atoms with van der Waals surface area (Å²) in [5, 5.41) is 22.7. The highest BCUT2D eigenvalue weighted by molar-refractivity contribution is 5.86. The van der Waals surface area contributed by atoms with Crippen LogP contribution in [0.2, 0.25) is 0 Å². The molecule has 0 radical (unpaired) electrons. The van der Waals surface area contributed by atoms with E-state index in [4.69, 9.17) is 0 Å². The average molecular weight is 290 g/mol. The summed E-state index contributed by atoms with van der Waals surface area (Å²) in [4.78, 5) is 14.6. The highest BCUT2D eigenvalue weighted by atomic mass is 16.3. The van der Waals surface area contributed by atoms with Gasteiger partial charge in [0.15, 0.2) is 0 Å². The summed E-state index contributed by atoms with van der Waals surface area (Å²) >= 11 is 0. The van der Waals surface area contributed by atoms with Crippen LogP contribution >= 0.6 is 0 Å². The number of β-amino-alcohol motifs (C(OH)–C–C–N with tert-alkyl or cyclic N) is 1. The summed E-state index contributed by atoms with van der Waals surface area (Å²) in [5.74, 6) is 0.256. The van der Waals surface area contributed by atoms with Crippen molar-refractivity contribution in [3.63, 3.8) is 0 Å². The number of nitrogens with one attached hydrogen (secondary N) is 1. The van der Waals surface area contributed by atoms with Gasteiger partial charge in [0.05, 0.1) is 17.7 Å². The first-order valence-corrected chi connectivity index (χ1v) is 7.43. The minimum absolute atomic E-state index is 0.0530. The van der Waals surface area contributed by atoms with E-state index in [1.54, 1.807) is 6.07 Å². The van der Waals surface area contributed by atoms with Crippen LogP contribution in [0.25, 0.3) is 0 Å². The quantitative estimate of drug-likeness (QED) is 0.758. The first-order chi connectivity index (χ1) is 9.91. The number of aromatic hydroxyl groups is 1. The molecule has 0 spiro atoms. The summed E-state index contributed by atoms with van der Waals surface area (Å²) in [6.07, 6.45) is 1.59. The summed E-state index contributed by atoms with van der Waals surface area (Å²) in [6.45, 7) is 2.39. The van der Waals surface area contributed by atoms with Crippen molar-refractivity contribution >= 4 is 5.91 Å². The van der Waals surface area contributed by atoms with Gasteiger partial charge in [0.2, 0.25) is 5.91 Å². The van der Waals surface area contributed by atoms with Gasteiger partial charge in [0.1, 0.15) is 5.75 Å². The average Bonchev–Trinajstić information content (AvgIpc) is 2.93. The minimum Gasteiger partial charge on any atom is -0.508 e. The van der Waals surface area contributed by atoms with Gasteiger partial charge >= 0.3 is 0 Å². The molecular formula is C16H22N2O3. The van der Waals surface area contributed by atoms with E-state index in [-0.39, 0.29) is 11.9 Å². The first kappa shape index (κ1) is 14.4. The van der Waals surface area contributed by atoms with Crippen molar-refractivity contribution in [1.82, 2.24) is 10.2 Å². The molecule has 21 heavy (non-hydrogen) atoms. The fourth-order valence-corrected chi connectivity index (χ4v) is 3.56. The van der Waals surface area contributed by atoms with Gasteiger partial charge in [-0.25, -0.2) is 0 Å². The minimum atomic E-state index is -0.668. The Hall–Kier alpha value is -1.59. The second-order valence-corrected chi connectivity index (χ2v) is 6.42. The van der Waals surface area contributed by atoms with Gasteiger partial charge in [-0.1, -0.05) is 12.1 Å². The second-order valence-electron chi connectivity index (χ2n) is 6.42. The Bertz CT molecular complexity index is 575. The Labute approximate surface area is 124 Å². The number of benzene rings is 1. The van der Waals surface area contributed by atoms with Crippen LogP contribution in [0.4, 0.5) is 0 Å². The van der Waals surface area contributed by atoms with Crippen molar-refractivity contribution in [3.05, 3.63) is 29.3 Å². The lowest BCUT2D eigenvalue weighted by Crippen LogP contribution is -2.52. The largest absolute Gasteiger partial charge is 0.508 e. The van der Waals surface area contributed by atoms with Crippen LogP contribution in [0, 0.1) is 0 Å². The topological polar surface area (TPSA) is 72.8 Å². The van der Waals surface area contributed by atoms with Crippen LogP contribution in [0.3, 0.4) is 0 Å². The third kappa shape index (κ3) is 2.30. The first-order valence-electron chi connectivity index (χ1n) is 7.43. The SMILES string of the molecule is CN1CC(O)CC1(C)C(=O)NC1CCc2c(O)cccc21. The van der Waals surface area contributed by atoms with E-state index in [2.05, 4.69) is 5.32 Å². The highest BCUT2D eigenvalue weighted by Crippen LogP contribution is 2.37. The number of aliphatic hydroxyl groups is 1. The zero-order valence-corrected chi connectivity index (χ0v) is 12.5. The van der Waals surface area contributed by atoms with Gasteiger partial charge in [0.25, 0.3) is 0 Å². The van der Waals surface area contributed by atoms with E-state index in [9.17, 15) is 15.0 Å². The molecule has 1 fully saturated rings. The lowest BCUT2D eigenvalue weighted by Gasteiger charge is -2.31. The molecule has 1 aliphatic heterocycles. The molecule has 1 aliphatic carbocycles. The van der Waals surface area contributed by atoms with Crippen LogP contribution in [0.1, 0.15) is 36.9 Å². The van der Waals surface area contributed by atoms with Crippen molar-refractivity contribution in [2.45, 2.75) is 43.9 Å². The van der Waals surface area contributed by atoms with Crippen LogP contribution in [0.15, 0.2) is 18.2 Å². The molecule has 1 aromatic carbocycles. The van der Waals surface area contributed by atoms with Crippen LogP contribution in [0.5, 0.6) is 5.75 Å². The molecule has 1 heterocycles. The van der Waals surface area contributed by atoms with E-state index >= 15 is 0 Å². The molecule has 1 aromatic rings. The molecular weight excluding hydrogens is 268 g/mol. The number of likely N-dealkylation sites (N-methyl/N-ethyl adjacent to an activating group) is 1. The highest BCUT2D eigenvalue weighted by Gasteiger charge is 2.46. The molecule has 0 bridgehead atoms. The smallest absolute Gasteiger partial charge is 0.240 e. The monoisotopic (exact) mass is 290 g/mol. The zero-order valence-electron chi connectivity index (χ0n) is 12.5. The Morgan fingerprint density at radius 1 is 1.48 bits per heavy atom. The molecule has 3 rings (SSSR count). The number of rotatable bonds is 2. The number of hydrogen-bond donors (Lipinski definition) is 3. The van der Waals surface area contributed by atoms with Gasteiger partial charge in [-0.2, -0.15) is 0 Å². The molecule has 2 aliphatic rings. The number of phenolic OH excluding ortho intramolecular Hbond substituents is 1. The van der Waals surface area contributed by atoms with Gasteiger partial charge in [-0.3, -0.25) is 9.69 Å². The van der Waals surface area contributed by atoms with Crippen molar-refractivity contribution in [2.75, 3.05) is 13.6 Å². The number of fused-ring (bicyclic) bond motifs is 1. The van der Waals surface area contributed by atoms with Crippen LogP contribution in [-0.4, -0.2) is 46.3 Å². The Kier molecular flexibility index (Phi) is 3.42. The van der Waals surface area contributed by atoms with Crippen LogP contribution < -0.4 is 5.32 Å². The molecule has 5 nitrogen and oxygen atoms in total. The lowest BCUT2D eigenvalue weighted by molar-refractivity contribution is -0.131. The molecule has 3 N–H and O–H groups in total. The molecule has 0 saturated carbocycles. The second kappa shape index (κ2) is 5.00.